The third-order valence-electron chi connectivity index (χ3n) is 2.64. The van der Waals surface area contributed by atoms with Crippen LogP contribution in [-0.2, 0) is 4.79 Å². The van der Waals surface area contributed by atoms with Crippen LogP contribution in [0.2, 0.25) is 0 Å². The van der Waals surface area contributed by atoms with E-state index in [1.807, 2.05) is 18.7 Å². The molecule has 0 spiro atoms. The summed E-state index contributed by atoms with van der Waals surface area (Å²) in [4.78, 5) is 13.4. The molecule has 1 amide bonds. The minimum absolute atomic E-state index is 0.229. The van der Waals surface area contributed by atoms with Gasteiger partial charge in [-0.05, 0) is 39.7 Å². The Bertz CT molecular complexity index is 170. The van der Waals surface area contributed by atoms with Crippen LogP contribution in [0.4, 0.5) is 0 Å². The smallest absolute Gasteiger partial charge is 0.223 e. The second-order valence-corrected chi connectivity index (χ2v) is 3.85. The number of nitrogens with one attached hydrogen (secondary N) is 1. The molecule has 0 fully saturated rings. The first kappa shape index (κ1) is 15.4. The molecular formula is C12H26N2O2. The van der Waals surface area contributed by atoms with Crippen molar-refractivity contribution in [3.63, 3.8) is 0 Å². The highest BCUT2D eigenvalue weighted by atomic mass is 16.2. The number of hydrogen-bond acceptors (Lipinski definition) is 3. The number of amides is 1. The van der Waals surface area contributed by atoms with Crippen molar-refractivity contribution in [2.75, 3.05) is 32.8 Å². The first-order valence-corrected chi connectivity index (χ1v) is 6.35. The van der Waals surface area contributed by atoms with E-state index >= 15 is 0 Å². The Labute approximate surface area is 99.0 Å². The molecule has 96 valence electrons. The fraction of sp³-hybridized carbons (Fsp3) is 0.917. The SMILES string of the molecule is CCN(CC)C(=O)CCNCCCCCO. The molecule has 0 atom stereocenters. The van der Waals surface area contributed by atoms with Crippen molar-refractivity contribution < 1.29 is 9.90 Å². The third-order valence-corrected chi connectivity index (χ3v) is 2.64. The van der Waals surface area contributed by atoms with Gasteiger partial charge in [-0.3, -0.25) is 4.79 Å². The molecule has 0 rings (SSSR count). The van der Waals surface area contributed by atoms with Crippen molar-refractivity contribution in [1.82, 2.24) is 10.2 Å². The number of nitrogens with zero attached hydrogens (tertiary/aromatic N) is 1. The predicted molar refractivity (Wildman–Crippen MR) is 66.4 cm³/mol. The first-order chi connectivity index (χ1) is 7.76. The first-order valence-electron chi connectivity index (χ1n) is 6.35. The van der Waals surface area contributed by atoms with Gasteiger partial charge in [0, 0.05) is 32.7 Å². The summed E-state index contributed by atoms with van der Waals surface area (Å²) in [5, 5.41) is 11.8. The Kier molecular flexibility index (Phi) is 10.5. The molecule has 2 N–H and O–H groups in total. The van der Waals surface area contributed by atoms with E-state index in [1.54, 1.807) is 0 Å². The maximum atomic E-state index is 11.6. The molecule has 0 aliphatic rings. The maximum Gasteiger partial charge on any atom is 0.223 e. The zero-order chi connectivity index (χ0) is 12.2. The molecule has 0 radical (unpaired) electrons. The highest BCUT2D eigenvalue weighted by Crippen LogP contribution is 1.94. The van der Waals surface area contributed by atoms with Crippen molar-refractivity contribution in [3.05, 3.63) is 0 Å². The molecule has 16 heavy (non-hydrogen) atoms. The predicted octanol–water partition coefficient (Wildman–Crippen LogP) is 0.997. The van der Waals surface area contributed by atoms with Gasteiger partial charge in [0.15, 0.2) is 0 Å². The standard InChI is InChI=1S/C12H26N2O2/c1-3-14(4-2)12(16)8-10-13-9-6-5-7-11-15/h13,15H,3-11H2,1-2H3. The molecule has 4 nitrogen and oxygen atoms in total. The largest absolute Gasteiger partial charge is 0.396 e. The Morgan fingerprint density at radius 3 is 2.38 bits per heavy atom. The molecule has 0 aromatic heterocycles. The number of carbonyl (C=O) groups excluding carboxylic acids is 1. The van der Waals surface area contributed by atoms with Crippen LogP contribution in [0, 0.1) is 0 Å². The minimum atomic E-state index is 0.229. The van der Waals surface area contributed by atoms with Crippen LogP contribution in [0.5, 0.6) is 0 Å². The van der Waals surface area contributed by atoms with Crippen LogP contribution in [0.15, 0.2) is 0 Å². The average Bonchev–Trinajstić information content (AvgIpc) is 2.29. The summed E-state index contributed by atoms with van der Waals surface area (Å²) in [6, 6.07) is 0. The van der Waals surface area contributed by atoms with Gasteiger partial charge < -0.3 is 15.3 Å². The number of unbranched alkanes of at least 4 members (excludes halogenated alkanes) is 2. The summed E-state index contributed by atoms with van der Waals surface area (Å²) >= 11 is 0. The van der Waals surface area contributed by atoms with E-state index in [-0.39, 0.29) is 12.5 Å². The number of rotatable bonds is 10. The van der Waals surface area contributed by atoms with Gasteiger partial charge in [-0.15, -0.1) is 0 Å². The second-order valence-electron chi connectivity index (χ2n) is 3.85. The molecule has 0 aromatic rings. The van der Waals surface area contributed by atoms with Crippen LogP contribution < -0.4 is 5.32 Å². The number of aliphatic hydroxyl groups is 1. The molecule has 4 heteroatoms. The molecule has 0 unspecified atom stereocenters. The van der Waals surface area contributed by atoms with E-state index in [9.17, 15) is 4.79 Å². The van der Waals surface area contributed by atoms with Crippen molar-refractivity contribution in [1.29, 1.82) is 0 Å². The molecule has 0 bridgehead atoms. The van der Waals surface area contributed by atoms with Crippen LogP contribution in [0.1, 0.15) is 39.5 Å². The number of aliphatic hydroxyl groups excluding tert-OH is 1. The lowest BCUT2D eigenvalue weighted by Crippen LogP contribution is -2.33. The lowest BCUT2D eigenvalue weighted by molar-refractivity contribution is -0.130. The summed E-state index contributed by atoms with van der Waals surface area (Å²) in [5.74, 6) is 0.229. The second kappa shape index (κ2) is 10.9. The van der Waals surface area contributed by atoms with Gasteiger partial charge in [-0.25, -0.2) is 0 Å². The van der Waals surface area contributed by atoms with Crippen molar-refractivity contribution in [2.45, 2.75) is 39.5 Å². The quantitative estimate of drug-likeness (QED) is 0.550. The Morgan fingerprint density at radius 1 is 1.12 bits per heavy atom. The molecule has 0 saturated carbocycles. The summed E-state index contributed by atoms with van der Waals surface area (Å²) in [6.45, 7) is 7.57. The van der Waals surface area contributed by atoms with E-state index in [1.165, 1.54) is 0 Å². The molecular weight excluding hydrogens is 204 g/mol. The topological polar surface area (TPSA) is 52.6 Å². The normalized spacial score (nSPS) is 10.4. The fourth-order valence-electron chi connectivity index (χ4n) is 1.59. The van der Waals surface area contributed by atoms with Gasteiger partial charge in [0.1, 0.15) is 0 Å². The zero-order valence-electron chi connectivity index (χ0n) is 10.7. The van der Waals surface area contributed by atoms with E-state index in [0.29, 0.717) is 6.42 Å². The highest BCUT2D eigenvalue weighted by Gasteiger charge is 2.07. The van der Waals surface area contributed by atoms with Gasteiger partial charge in [0.05, 0.1) is 0 Å². The maximum absolute atomic E-state index is 11.6. The Balaban J connectivity index is 3.33. The minimum Gasteiger partial charge on any atom is -0.396 e. The summed E-state index contributed by atoms with van der Waals surface area (Å²) in [7, 11) is 0. The fourth-order valence-corrected chi connectivity index (χ4v) is 1.59. The third kappa shape index (κ3) is 7.65. The molecule has 0 aliphatic heterocycles. The summed E-state index contributed by atoms with van der Waals surface area (Å²) in [6.07, 6.45) is 3.58. The summed E-state index contributed by atoms with van der Waals surface area (Å²) < 4.78 is 0. The van der Waals surface area contributed by atoms with Crippen LogP contribution in [0.25, 0.3) is 0 Å². The lowest BCUT2D eigenvalue weighted by Gasteiger charge is -2.18. The molecule has 0 aliphatic carbocycles. The molecule has 0 saturated heterocycles. The van der Waals surface area contributed by atoms with Crippen LogP contribution >= 0.6 is 0 Å². The van der Waals surface area contributed by atoms with Crippen molar-refractivity contribution >= 4 is 5.91 Å². The van der Waals surface area contributed by atoms with Gasteiger partial charge in [0.2, 0.25) is 5.91 Å². The van der Waals surface area contributed by atoms with Gasteiger partial charge in [-0.2, -0.15) is 0 Å². The van der Waals surface area contributed by atoms with Crippen LogP contribution in [-0.4, -0.2) is 48.7 Å². The highest BCUT2D eigenvalue weighted by molar-refractivity contribution is 5.76. The zero-order valence-corrected chi connectivity index (χ0v) is 10.7. The lowest BCUT2D eigenvalue weighted by atomic mass is 10.2. The monoisotopic (exact) mass is 230 g/mol. The van der Waals surface area contributed by atoms with Crippen molar-refractivity contribution in [2.24, 2.45) is 0 Å². The van der Waals surface area contributed by atoms with Gasteiger partial charge in [-0.1, -0.05) is 0 Å². The number of carbonyl (C=O) groups is 1. The number of hydrogen-bond donors (Lipinski definition) is 2. The van der Waals surface area contributed by atoms with E-state index in [2.05, 4.69) is 5.32 Å². The van der Waals surface area contributed by atoms with E-state index in [4.69, 9.17) is 5.11 Å². The van der Waals surface area contributed by atoms with E-state index < -0.39 is 0 Å². The average molecular weight is 230 g/mol. The Hall–Kier alpha value is -0.610. The van der Waals surface area contributed by atoms with E-state index in [0.717, 1.165) is 45.4 Å². The Morgan fingerprint density at radius 2 is 1.81 bits per heavy atom. The molecule has 0 heterocycles. The molecule has 0 aromatic carbocycles. The van der Waals surface area contributed by atoms with Crippen molar-refractivity contribution in [3.8, 4) is 0 Å². The summed E-state index contributed by atoms with van der Waals surface area (Å²) in [5.41, 5.74) is 0. The van der Waals surface area contributed by atoms with Crippen LogP contribution in [0.3, 0.4) is 0 Å². The van der Waals surface area contributed by atoms with Gasteiger partial charge in [0.25, 0.3) is 0 Å². The van der Waals surface area contributed by atoms with Gasteiger partial charge >= 0.3 is 0 Å².